The number of carbonyl (C=O) groups is 2. The van der Waals surface area contributed by atoms with Gasteiger partial charge in [-0.05, 0) is 38.3 Å². The minimum atomic E-state index is -0.960. The van der Waals surface area contributed by atoms with Crippen LogP contribution in [-0.2, 0) is 4.79 Å². The first kappa shape index (κ1) is 13.3. The van der Waals surface area contributed by atoms with Crippen LogP contribution in [0.4, 0.5) is 4.79 Å². The van der Waals surface area contributed by atoms with E-state index >= 15 is 0 Å². The molecule has 2 rings (SSSR count). The zero-order valence-electron chi connectivity index (χ0n) is 11.0. The molecular weight excluding hydrogens is 232 g/mol. The molecule has 2 saturated heterocycles. The Morgan fingerprint density at radius 3 is 2.61 bits per heavy atom. The fraction of sp³-hybridized carbons (Fsp3) is 0.846. The highest BCUT2D eigenvalue weighted by Crippen LogP contribution is 2.20. The summed E-state index contributed by atoms with van der Waals surface area (Å²) in [6, 6.07) is -0.401. The molecule has 1 atom stereocenters. The number of piperidine rings is 1. The molecule has 2 aliphatic rings. The van der Waals surface area contributed by atoms with Gasteiger partial charge in [0.15, 0.2) is 5.78 Å². The molecule has 2 heterocycles. The van der Waals surface area contributed by atoms with E-state index < -0.39 is 12.1 Å². The third-order valence-corrected chi connectivity index (χ3v) is 4.19. The summed E-state index contributed by atoms with van der Waals surface area (Å²) in [4.78, 5) is 26.4. The van der Waals surface area contributed by atoms with Crippen molar-refractivity contribution in [1.82, 2.24) is 9.80 Å². The van der Waals surface area contributed by atoms with E-state index in [-0.39, 0.29) is 5.78 Å². The summed E-state index contributed by atoms with van der Waals surface area (Å²) >= 11 is 0. The third-order valence-electron chi connectivity index (χ3n) is 4.19. The average Bonchev–Trinajstić information content (AvgIpc) is 2.70. The van der Waals surface area contributed by atoms with Crippen molar-refractivity contribution >= 4 is 11.9 Å². The molecule has 0 aromatic rings. The molecule has 0 aromatic heterocycles. The van der Waals surface area contributed by atoms with E-state index in [2.05, 4.69) is 11.8 Å². The molecule has 5 nitrogen and oxygen atoms in total. The Balaban J connectivity index is 1.81. The van der Waals surface area contributed by atoms with Crippen LogP contribution in [0.1, 0.15) is 32.6 Å². The highest BCUT2D eigenvalue weighted by Gasteiger charge is 2.35. The SMILES string of the molecule is CC1CCN(CC[C@@H]2C(=O)CCN2C(=O)O)CC1. The predicted molar refractivity (Wildman–Crippen MR) is 67.6 cm³/mol. The lowest BCUT2D eigenvalue weighted by Crippen LogP contribution is -2.41. The average molecular weight is 254 g/mol. The van der Waals surface area contributed by atoms with E-state index in [9.17, 15) is 9.59 Å². The maximum atomic E-state index is 11.7. The fourth-order valence-corrected chi connectivity index (χ4v) is 2.86. The smallest absolute Gasteiger partial charge is 0.407 e. The first-order chi connectivity index (χ1) is 8.58. The molecule has 0 radical (unpaired) electrons. The summed E-state index contributed by atoms with van der Waals surface area (Å²) < 4.78 is 0. The van der Waals surface area contributed by atoms with Gasteiger partial charge in [0.25, 0.3) is 0 Å². The maximum absolute atomic E-state index is 11.7. The van der Waals surface area contributed by atoms with E-state index in [1.807, 2.05) is 0 Å². The van der Waals surface area contributed by atoms with Gasteiger partial charge in [-0.15, -0.1) is 0 Å². The van der Waals surface area contributed by atoms with E-state index in [1.165, 1.54) is 17.7 Å². The second-order valence-electron chi connectivity index (χ2n) is 5.52. The maximum Gasteiger partial charge on any atom is 0.407 e. The van der Waals surface area contributed by atoms with Gasteiger partial charge in [0.2, 0.25) is 0 Å². The van der Waals surface area contributed by atoms with Crippen LogP contribution in [0.2, 0.25) is 0 Å². The number of nitrogens with zero attached hydrogens (tertiary/aromatic N) is 2. The van der Waals surface area contributed by atoms with Crippen LogP contribution >= 0.6 is 0 Å². The molecule has 0 unspecified atom stereocenters. The summed E-state index contributed by atoms with van der Waals surface area (Å²) in [6.07, 6.45) is 2.49. The number of carbonyl (C=O) groups excluding carboxylic acids is 1. The predicted octanol–water partition coefficient (Wildman–Crippen LogP) is 1.43. The number of ketones is 1. The van der Waals surface area contributed by atoms with Crippen LogP contribution in [0.3, 0.4) is 0 Å². The number of amides is 1. The third kappa shape index (κ3) is 3.02. The highest BCUT2D eigenvalue weighted by molar-refractivity contribution is 5.90. The van der Waals surface area contributed by atoms with Gasteiger partial charge in [0.05, 0.1) is 6.04 Å². The van der Waals surface area contributed by atoms with Gasteiger partial charge in [-0.2, -0.15) is 0 Å². The summed E-state index contributed by atoms with van der Waals surface area (Å²) in [5, 5.41) is 9.03. The van der Waals surface area contributed by atoms with Crippen LogP contribution in [0.15, 0.2) is 0 Å². The molecule has 0 aliphatic carbocycles. The lowest BCUT2D eigenvalue weighted by atomic mass is 9.99. The van der Waals surface area contributed by atoms with E-state index in [0.717, 1.165) is 25.6 Å². The highest BCUT2D eigenvalue weighted by atomic mass is 16.4. The minimum Gasteiger partial charge on any atom is -0.465 e. The van der Waals surface area contributed by atoms with Crippen LogP contribution in [0.5, 0.6) is 0 Å². The standard InChI is InChI=1S/C13H22N2O3/c1-10-2-6-14(7-3-10)8-4-11-12(16)5-9-15(11)13(17)18/h10-11H,2-9H2,1H3,(H,17,18)/t11-/m1/s1. The van der Waals surface area contributed by atoms with Gasteiger partial charge in [-0.3, -0.25) is 9.69 Å². The van der Waals surface area contributed by atoms with Crippen LogP contribution in [-0.4, -0.2) is 59.0 Å². The van der Waals surface area contributed by atoms with E-state index in [1.54, 1.807) is 0 Å². The molecular formula is C13H22N2O3. The lowest BCUT2D eigenvalue weighted by molar-refractivity contribution is -0.120. The van der Waals surface area contributed by atoms with Crippen molar-refractivity contribution in [2.45, 2.75) is 38.6 Å². The first-order valence-corrected chi connectivity index (χ1v) is 6.82. The largest absolute Gasteiger partial charge is 0.465 e. The number of Topliss-reactive ketones (excluding diaryl/α,β-unsaturated/α-hetero) is 1. The topological polar surface area (TPSA) is 60.9 Å². The fourth-order valence-electron chi connectivity index (χ4n) is 2.86. The Hall–Kier alpha value is -1.10. The molecule has 2 fully saturated rings. The second kappa shape index (κ2) is 5.69. The number of carboxylic acid groups (broad SMARTS) is 1. The zero-order chi connectivity index (χ0) is 13.1. The van der Waals surface area contributed by atoms with Gasteiger partial charge in [-0.25, -0.2) is 4.79 Å². The van der Waals surface area contributed by atoms with Crippen LogP contribution in [0, 0.1) is 5.92 Å². The Labute approximate surface area is 108 Å². The van der Waals surface area contributed by atoms with Crippen molar-refractivity contribution in [3.8, 4) is 0 Å². The molecule has 0 spiro atoms. The Bertz CT molecular complexity index is 324. The summed E-state index contributed by atoms with van der Waals surface area (Å²) in [5.41, 5.74) is 0. The van der Waals surface area contributed by atoms with E-state index in [4.69, 9.17) is 5.11 Å². The number of likely N-dealkylation sites (tertiary alicyclic amines) is 2. The lowest BCUT2D eigenvalue weighted by Gasteiger charge is -2.31. The number of rotatable bonds is 3. The van der Waals surface area contributed by atoms with Gasteiger partial charge in [0, 0.05) is 19.5 Å². The van der Waals surface area contributed by atoms with Crippen LogP contribution in [0.25, 0.3) is 0 Å². The Kier molecular flexibility index (Phi) is 4.22. The molecule has 102 valence electrons. The zero-order valence-corrected chi connectivity index (χ0v) is 11.0. The van der Waals surface area contributed by atoms with Crippen molar-refractivity contribution < 1.29 is 14.7 Å². The molecule has 0 saturated carbocycles. The van der Waals surface area contributed by atoms with Crippen LogP contribution < -0.4 is 0 Å². The second-order valence-corrected chi connectivity index (χ2v) is 5.52. The summed E-state index contributed by atoms with van der Waals surface area (Å²) in [6.45, 7) is 5.64. The molecule has 2 aliphatic heterocycles. The van der Waals surface area contributed by atoms with Gasteiger partial charge in [0.1, 0.15) is 0 Å². The first-order valence-electron chi connectivity index (χ1n) is 6.82. The van der Waals surface area contributed by atoms with Crippen molar-refractivity contribution in [3.63, 3.8) is 0 Å². The monoisotopic (exact) mass is 254 g/mol. The molecule has 1 N–H and O–H groups in total. The number of hydrogen-bond acceptors (Lipinski definition) is 3. The summed E-state index contributed by atoms with van der Waals surface area (Å²) in [7, 11) is 0. The Morgan fingerprint density at radius 2 is 2.00 bits per heavy atom. The quantitative estimate of drug-likeness (QED) is 0.827. The van der Waals surface area contributed by atoms with Gasteiger partial charge >= 0.3 is 6.09 Å². The molecule has 0 bridgehead atoms. The number of hydrogen-bond donors (Lipinski definition) is 1. The van der Waals surface area contributed by atoms with Gasteiger partial charge in [-0.1, -0.05) is 6.92 Å². The molecule has 18 heavy (non-hydrogen) atoms. The summed E-state index contributed by atoms with van der Waals surface area (Å²) in [5.74, 6) is 0.882. The van der Waals surface area contributed by atoms with Crippen molar-refractivity contribution in [1.29, 1.82) is 0 Å². The van der Waals surface area contributed by atoms with E-state index in [0.29, 0.717) is 19.4 Å². The molecule has 5 heteroatoms. The van der Waals surface area contributed by atoms with Gasteiger partial charge < -0.3 is 10.0 Å². The van der Waals surface area contributed by atoms with Crippen molar-refractivity contribution in [2.75, 3.05) is 26.2 Å². The Morgan fingerprint density at radius 1 is 1.33 bits per heavy atom. The molecule has 1 amide bonds. The van der Waals surface area contributed by atoms with Crippen molar-refractivity contribution in [3.05, 3.63) is 0 Å². The van der Waals surface area contributed by atoms with Crippen molar-refractivity contribution in [2.24, 2.45) is 5.92 Å². The normalized spacial score (nSPS) is 26.8. The minimum absolute atomic E-state index is 0.0859. The molecule has 0 aromatic carbocycles.